The summed E-state index contributed by atoms with van der Waals surface area (Å²) in [4.78, 5) is 4.17. The van der Waals surface area contributed by atoms with Gasteiger partial charge in [0, 0.05) is 11.8 Å². The van der Waals surface area contributed by atoms with E-state index in [1.807, 2.05) is 32.0 Å². The minimum atomic E-state index is 0.663. The van der Waals surface area contributed by atoms with Gasteiger partial charge in [-0.25, -0.2) is 0 Å². The SMILES string of the molecule is Cc1ccc(-c2cnc(C)c(Cl)c2)o1. The van der Waals surface area contributed by atoms with Gasteiger partial charge in [0.25, 0.3) is 0 Å². The van der Waals surface area contributed by atoms with E-state index in [4.69, 9.17) is 16.0 Å². The molecule has 2 nitrogen and oxygen atoms in total. The molecule has 0 saturated heterocycles. The molecule has 0 atom stereocenters. The number of hydrogen-bond donors (Lipinski definition) is 0. The van der Waals surface area contributed by atoms with Gasteiger partial charge in [-0.2, -0.15) is 0 Å². The van der Waals surface area contributed by atoms with Crippen LogP contribution in [-0.4, -0.2) is 4.98 Å². The molecule has 3 heteroatoms. The van der Waals surface area contributed by atoms with Crippen LogP contribution in [0, 0.1) is 13.8 Å². The van der Waals surface area contributed by atoms with E-state index in [0.29, 0.717) is 5.02 Å². The third-order valence-electron chi connectivity index (χ3n) is 2.05. The van der Waals surface area contributed by atoms with Gasteiger partial charge < -0.3 is 4.42 Å². The molecule has 0 fully saturated rings. The molecule has 0 aliphatic rings. The lowest BCUT2D eigenvalue weighted by molar-refractivity contribution is 0.548. The van der Waals surface area contributed by atoms with Gasteiger partial charge in [-0.1, -0.05) is 11.6 Å². The van der Waals surface area contributed by atoms with Crippen LogP contribution in [0.15, 0.2) is 28.8 Å². The van der Waals surface area contributed by atoms with Crippen LogP contribution in [0.2, 0.25) is 5.02 Å². The topological polar surface area (TPSA) is 26.0 Å². The van der Waals surface area contributed by atoms with Crippen LogP contribution in [0.3, 0.4) is 0 Å². The number of aromatic nitrogens is 1. The number of pyridine rings is 1. The third-order valence-corrected chi connectivity index (χ3v) is 2.43. The minimum absolute atomic E-state index is 0.663. The second kappa shape index (κ2) is 3.46. The molecule has 0 amide bonds. The van der Waals surface area contributed by atoms with Gasteiger partial charge in [-0.15, -0.1) is 0 Å². The van der Waals surface area contributed by atoms with Crippen molar-refractivity contribution in [2.24, 2.45) is 0 Å². The van der Waals surface area contributed by atoms with Crippen LogP contribution in [0.1, 0.15) is 11.5 Å². The Balaban J connectivity index is 2.47. The first-order valence-corrected chi connectivity index (χ1v) is 4.73. The van der Waals surface area contributed by atoms with Crippen molar-refractivity contribution >= 4 is 11.6 Å². The first-order valence-electron chi connectivity index (χ1n) is 4.36. The van der Waals surface area contributed by atoms with Gasteiger partial charge >= 0.3 is 0 Å². The number of furan rings is 1. The van der Waals surface area contributed by atoms with E-state index in [0.717, 1.165) is 22.8 Å². The molecule has 0 saturated carbocycles. The molecule has 0 N–H and O–H groups in total. The zero-order chi connectivity index (χ0) is 10.1. The smallest absolute Gasteiger partial charge is 0.135 e. The Kier molecular flexibility index (Phi) is 2.30. The molecule has 2 aromatic heterocycles. The predicted molar refractivity (Wildman–Crippen MR) is 56.4 cm³/mol. The number of nitrogens with zero attached hydrogens (tertiary/aromatic N) is 1. The fourth-order valence-corrected chi connectivity index (χ4v) is 1.40. The Bertz CT molecular complexity index is 462. The van der Waals surface area contributed by atoms with E-state index in [9.17, 15) is 0 Å². The maximum atomic E-state index is 5.97. The fourth-order valence-electron chi connectivity index (χ4n) is 1.23. The molecule has 0 radical (unpaired) electrons. The molecular formula is C11H10ClNO. The van der Waals surface area contributed by atoms with E-state index < -0.39 is 0 Å². The van der Waals surface area contributed by atoms with Crippen LogP contribution >= 0.6 is 11.6 Å². The second-order valence-corrected chi connectivity index (χ2v) is 3.61. The molecule has 2 rings (SSSR count). The van der Waals surface area contributed by atoms with Crippen molar-refractivity contribution in [1.82, 2.24) is 4.98 Å². The second-order valence-electron chi connectivity index (χ2n) is 3.20. The van der Waals surface area contributed by atoms with Crippen molar-refractivity contribution in [2.45, 2.75) is 13.8 Å². The molecule has 0 spiro atoms. The summed E-state index contributed by atoms with van der Waals surface area (Å²) in [5.74, 6) is 1.69. The normalized spacial score (nSPS) is 10.5. The van der Waals surface area contributed by atoms with Gasteiger partial charge in [-0.3, -0.25) is 4.98 Å². The van der Waals surface area contributed by atoms with Crippen molar-refractivity contribution in [1.29, 1.82) is 0 Å². The van der Waals surface area contributed by atoms with Gasteiger partial charge in [0.05, 0.1) is 10.7 Å². The van der Waals surface area contributed by atoms with Gasteiger partial charge in [-0.05, 0) is 32.0 Å². The monoisotopic (exact) mass is 207 g/mol. The highest BCUT2D eigenvalue weighted by atomic mass is 35.5. The lowest BCUT2D eigenvalue weighted by Gasteiger charge is -1.99. The quantitative estimate of drug-likeness (QED) is 0.714. The van der Waals surface area contributed by atoms with Crippen molar-refractivity contribution in [3.8, 4) is 11.3 Å². The largest absolute Gasteiger partial charge is 0.461 e. The van der Waals surface area contributed by atoms with Crippen molar-refractivity contribution in [2.75, 3.05) is 0 Å². The van der Waals surface area contributed by atoms with Crippen LogP contribution in [0.25, 0.3) is 11.3 Å². The molecule has 2 heterocycles. The van der Waals surface area contributed by atoms with E-state index in [2.05, 4.69) is 4.98 Å². The Morgan fingerprint density at radius 1 is 1.29 bits per heavy atom. The number of hydrogen-bond acceptors (Lipinski definition) is 2. The van der Waals surface area contributed by atoms with Gasteiger partial charge in [0.2, 0.25) is 0 Å². The zero-order valence-corrected chi connectivity index (χ0v) is 8.80. The molecular weight excluding hydrogens is 198 g/mol. The summed E-state index contributed by atoms with van der Waals surface area (Å²) in [6.07, 6.45) is 1.76. The van der Waals surface area contributed by atoms with Crippen LogP contribution < -0.4 is 0 Å². The Labute approximate surface area is 87.5 Å². The lowest BCUT2D eigenvalue weighted by Crippen LogP contribution is -1.83. The third kappa shape index (κ3) is 1.66. The molecule has 0 unspecified atom stereocenters. The Morgan fingerprint density at radius 2 is 2.07 bits per heavy atom. The molecule has 0 bridgehead atoms. The zero-order valence-electron chi connectivity index (χ0n) is 8.04. The average Bonchev–Trinajstić information content (AvgIpc) is 2.57. The van der Waals surface area contributed by atoms with Crippen LogP contribution in [0.4, 0.5) is 0 Å². The molecule has 0 aliphatic carbocycles. The van der Waals surface area contributed by atoms with Gasteiger partial charge in [0.1, 0.15) is 11.5 Å². The maximum absolute atomic E-state index is 5.97. The first kappa shape index (κ1) is 9.28. The highest BCUT2D eigenvalue weighted by Gasteiger charge is 2.05. The van der Waals surface area contributed by atoms with E-state index >= 15 is 0 Å². The number of aryl methyl sites for hydroxylation is 2. The van der Waals surface area contributed by atoms with E-state index in [1.54, 1.807) is 6.20 Å². The molecule has 72 valence electrons. The predicted octanol–water partition coefficient (Wildman–Crippen LogP) is 3.61. The maximum Gasteiger partial charge on any atom is 0.135 e. The summed E-state index contributed by atoms with van der Waals surface area (Å²) in [5.41, 5.74) is 1.74. The van der Waals surface area contributed by atoms with Crippen molar-refractivity contribution < 1.29 is 4.42 Å². The number of rotatable bonds is 1. The fraction of sp³-hybridized carbons (Fsp3) is 0.182. The standard InChI is InChI=1S/C11H10ClNO/c1-7-3-4-11(14-7)9-5-10(12)8(2)13-6-9/h3-6H,1-2H3. The highest BCUT2D eigenvalue weighted by Crippen LogP contribution is 2.24. The van der Waals surface area contributed by atoms with E-state index in [1.165, 1.54) is 0 Å². The average molecular weight is 208 g/mol. The van der Waals surface area contributed by atoms with Crippen LogP contribution in [-0.2, 0) is 0 Å². The summed E-state index contributed by atoms with van der Waals surface area (Å²) in [7, 11) is 0. The summed E-state index contributed by atoms with van der Waals surface area (Å²) in [5, 5.41) is 0.663. The summed E-state index contributed by atoms with van der Waals surface area (Å²) >= 11 is 5.97. The molecule has 0 aliphatic heterocycles. The molecule has 14 heavy (non-hydrogen) atoms. The Morgan fingerprint density at radius 3 is 2.64 bits per heavy atom. The van der Waals surface area contributed by atoms with Crippen LogP contribution in [0.5, 0.6) is 0 Å². The minimum Gasteiger partial charge on any atom is -0.461 e. The van der Waals surface area contributed by atoms with Crippen molar-refractivity contribution in [3.05, 3.63) is 40.9 Å². The lowest BCUT2D eigenvalue weighted by atomic mass is 10.2. The molecule has 2 aromatic rings. The summed E-state index contributed by atoms with van der Waals surface area (Å²) in [6, 6.07) is 5.70. The highest BCUT2D eigenvalue weighted by molar-refractivity contribution is 6.31. The van der Waals surface area contributed by atoms with Gasteiger partial charge in [0.15, 0.2) is 0 Å². The first-order chi connectivity index (χ1) is 6.66. The number of halogens is 1. The van der Waals surface area contributed by atoms with Crippen molar-refractivity contribution in [3.63, 3.8) is 0 Å². The molecule has 0 aromatic carbocycles. The summed E-state index contributed by atoms with van der Waals surface area (Å²) in [6.45, 7) is 3.78. The van der Waals surface area contributed by atoms with E-state index in [-0.39, 0.29) is 0 Å². The summed E-state index contributed by atoms with van der Waals surface area (Å²) < 4.78 is 5.47. The Hall–Kier alpha value is -1.28.